The van der Waals surface area contributed by atoms with Crippen LogP contribution in [0.15, 0.2) is 48.5 Å². The maximum Gasteiger partial charge on any atom is 0.261 e. The Morgan fingerprint density at radius 3 is 2.61 bits per heavy atom. The fourth-order valence-electron chi connectivity index (χ4n) is 3.16. The van der Waals surface area contributed by atoms with Crippen LogP contribution >= 0.6 is 11.6 Å². The maximum absolute atomic E-state index is 12.5. The first kappa shape index (κ1) is 20.6. The van der Waals surface area contributed by atoms with E-state index >= 15 is 0 Å². The zero-order chi connectivity index (χ0) is 19.8. The Labute approximate surface area is 171 Å². The molecule has 0 aromatic heterocycles. The molecule has 1 heterocycles. The van der Waals surface area contributed by atoms with Gasteiger partial charge in [-0.1, -0.05) is 42.8 Å². The molecule has 0 bridgehead atoms. The summed E-state index contributed by atoms with van der Waals surface area (Å²) in [6.45, 7) is 6.83. The van der Waals surface area contributed by atoms with Crippen molar-refractivity contribution in [1.29, 1.82) is 0 Å². The highest BCUT2D eigenvalue weighted by molar-refractivity contribution is 6.30. The molecule has 0 spiro atoms. The minimum Gasteiger partial charge on any atom is -0.481 e. The van der Waals surface area contributed by atoms with Gasteiger partial charge in [-0.2, -0.15) is 0 Å². The van der Waals surface area contributed by atoms with Gasteiger partial charge in [-0.15, -0.1) is 0 Å². The second-order valence-corrected chi connectivity index (χ2v) is 7.33. The molecular formula is C22H27ClN2O3. The average molecular weight is 403 g/mol. The van der Waals surface area contributed by atoms with Gasteiger partial charge in [0.1, 0.15) is 5.75 Å². The number of nitrogens with zero attached hydrogens (tertiary/aromatic N) is 1. The van der Waals surface area contributed by atoms with Crippen LogP contribution in [0.5, 0.6) is 5.75 Å². The van der Waals surface area contributed by atoms with Crippen LogP contribution in [-0.4, -0.2) is 43.2 Å². The minimum absolute atomic E-state index is 0.115. The van der Waals surface area contributed by atoms with E-state index in [1.54, 1.807) is 24.3 Å². The first-order valence-corrected chi connectivity index (χ1v) is 10.1. The molecule has 2 aromatic carbocycles. The van der Waals surface area contributed by atoms with Gasteiger partial charge >= 0.3 is 0 Å². The Balaban J connectivity index is 1.52. The van der Waals surface area contributed by atoms with Crippen molar-refractivity contribution < 1.29 is 14.3 Å². The Kier molecular flexibility index (Phi) is 7.71. The topological polar surface area (TPSA) is 50.8 Å². The molecule has 6 heteroatoms. The maximum atomic E-state index is 12.5. The predicted molar refractivity (Wildman–Crippen MR) is 111 cm³/mol. The van der Waals surface area contributed by atoms with E-state index in [0.29, 0.717) is 23.7 Å². The predicted octanol–water partition coefficient (Wildman–Crippen LogP) is 3.65. The van der Waals surface area contributed by atoms with Crippen molar-refractivity contribution in [2.45, 2.75) is 32.5 Å². The lowest BCUT2D eigenvalue weighted by molar-refractivity contribution is -0.128. The number of hydrogen-bond acceptors (Lipinski definition) is 4. The molecule has 0 saturated carbocycles. The SMILES string of the molecule is CC[C@H](Oc1ccc(Cl)cc1)C(=O)NCc1cccc(CN2CCOCC2)c1. The molecule has 0 unspecified atom stereocenters. The summed E-state index contributed by atoms with van der Waals surface area (Å²) < 4.78 is 11.2. The van der Waals surface area contributed by atoms with Crippen LogP contribution in [0.25, 0.3) is 0 Å². The molecule has 28 heavy (non-hydrogen) atoms. The van der Waals surface area contributed by atoms with E-state index in [1.165, 1.54) is 5.56 Å². The van der Waals surface area contributed by atoms with E-state index in [1.807, 2.05) is 19.1 Å². The Bertz CT molecular complexity index is 761. The highest BCUT2D eigenvalue weighted by Gasteiger charge is 2.18. The Morgan fingerprint density at radius 1 is 1.18 bits per heavy atom. The lowest BCUT2D eigenvalue weighted by atomic mass is 10.1. The number of morpholine rings is 1. The van der Waals surface area contributed by atoms with Crippen molar-refractivity contribution in [3.8, 4) is 5.75 Å². The van der Waals surface area contributed by atoms with E-state index in [2.05, 4.69) is 22.3 Å². The number of benzene rings is 2. The van der Waals surface area contributed by atoms with Gasteiger partial charge in [-0.25, -0.2) is 0 Å². The van der Waals surface area contributed by atoms with Crippen LogP contribution < -0.4 is 10.1 Å². The Hall–Kier alpha value is -2.08. The van der Waals surface area contributed by atoms with E-state index < -0.39 is 6.10 Å². The Morgan fingerprint density at radius 2 is 1.89 bits per heavy atom. The number of halogens is 1. The van der Waals surface area contributed by atoms with Crippen LogP contribution in [0, 0.1) is 0 Å². The summed E-state index contributed by atoms with van der Waals surface area (Å²) >= 11 is 5.89. The van der Waals surface area contributed by atoms with Crippen molar-refractivity contribution in [1.82, 2.24) is 10.2 Å². The summed E-state index contributed by atoms with van der Waals surface area (Å²) in [4.78, 5) is 14.9. The van der Waals surface area contributed by atoms with Crippen LogP contribution in [0.1, 0.15) is 24.5 Å². The van der Waals surface area contributed by atoms with Gasteiger partial charge < -0.3 is 14.8 Å². The summed E-state index contributed by atoms with van der Waals surface area (Å²) in [6, 6.07) is 15.4. The zero-order valence-electron chi connectivity index (χ0n) is 16.2. The summed E-state index contributed by atoms with van der Waals surface area (Å²) in [5, 5.41) is 3.63. The van der Waals surface area contributed by atoms with Gasteiger partial charge in [-0.3, -0.25) is 9.69 Å². The van der Waals surface area contributed by atoms with Crippen LogP contribution in [0.2, 0.25) is 5.02 Å². The van der Waals surface area contributed by atoms with Crippen LogP contribution in [0.4, 0.5) is 0 Å². The molecule has 0 aliphatic carbocycles. The summed E-state index contributed by atoms with van der Waals surface area (Å²) in [6.07, 6.45) is 0.0589. The smallest absolute Gasteiger partial charge is 0.261 e. The number of rotatable bonds is 8. The summed E-state index contributed by atoms with van der Waals surface area (Å²) in [5.74, 6) is 0.523. The molecule has 1 atom stereocenters. The highest BCUT2D eigenvalue weighted by Crippen LogP contribution is 2.18. The molecule has 150 valence electrons. The number of nitrogens with one attached hydrogen (secondary N) is 1. The van der Waals surface area contributed by atoms with E-state index in [-0.39, 0.29) is 5.91 Å². The average Bonchev–Trinajstić information content (AvgIpc) is 2.72. The largest absolute Gasteiger partial charge is 0.481 e. The molecule has 0 radical (unpaired) electrons. The van der Waals surface area contributed by atoms with Crippen molar-refractivity contribution >= 4 is 17.5 Å². The third-order valence-electron chi connectivity index (χ3n) is 4.72. The monoisotopic (exact) mass is 402 g/mol. The fourth-order valence-corrected chi connectivity index (χ4v) is 3.28. The van der Waals surface area contributed by atoms with Gasteiger partial charge in [0.2, 0.25) is 0 Å². The number of carbonyl (C=O) groups is 1. The lowest BCUT2D eigenvalue weighted by Crippen LogP contribution is -2.37. The van der Waals surface area contributed by atoms with Crippen molar-refractivity contribution in [2.24, 2.45) is 0 Å². The van der Waals surface area contributed by atoms with E-state index in [0.717, 1.165) is 38.4 Å². The summed E-state index contributed by atoms with van der Waals surface area (Å²) in [7, 11) is 0. The highest BCUT2D eigenvalue weighted by atomic mass is 35.5. The van der Waals surface area contributed by atoms with Gasteiger partial charge in [0.25, 0.3) is 5.91 Å². The minimum atomic E-state index is -0.530. The van der Waals surface area contributed by atoms with Crippen molar-refractivity contribution in [3.63, 3.8) is 0 Å². The van der Waals surface area contributed by atoms with Gasteiger partial charge in [0.05, 0.1) is 13.2 Å². The normalized spacial score (nSPS) is 15.8. The molecule has 1 saturated heterocycles. The fraction of sp³-hybridized carbons (Fsp3) is 0.409. The number of hydrogen-bond donors (Lipinski definition) is 1. The third kappa shape index (κ3) is 6.23. The number of amides is 1. The van der Waals surface area contributed by atoms with Crippen molar-refractivity contribution in [3.05, 3.63) is 64.7 Å². The molecule has 1 fully saturated rings. The quantitative estimate of drug-likeness (QED) is 0.732. The molecule has 1 N–H and O–H groups in total. The molecule has 1 aliphatic heterocycles. The molecular weight excluding hydrogens is 376 g/mol. The molecule has 1 amide bonds. The molecule has 5 nitrogen and oxygen atoms in total. The van der Waals surface area contributed by atoms with Gasteiger partial charge in [0, 0.05) is 31.2 Å². The van der Waals surface area contributed by atoms with E-state index in [4.69, 9.17) is 21.1 Å². The molecule has 1 aliphatic rings. The second-order valence-electron chi connectivity index (χ2n) is 6.89. The van der Waals surface area contributed by atoms with Gasteiger partial charge in [0.15, 0.2) is 6.10 Å². The summed E-state index contributed by atoms with van der Waals surface area (Å²) in [5.41, 5.74) is 2.33. The first-order chi connectivity index (χ1) is 13.6. The van der Waals surface area contributed by atoms with Crippen molar-refractivity contribution in [2.75, 3.05) is 26.3 Å². The number of ether oxygens (including phenoxy) is 2. The standard InChI is InChI=1S/C22H27ClN2O3/c1-2-21(28-20-8-6-19(23)7-9-20)22(26)24-15-17-4-3-5-18(14-17)16-25-10-12-27-13-11-25/h3-9,14,21H,2,10-13,15-16H2,1H3,(H,24,26)/t21-/m0/s1. The van der Waals surface area contributed by atoms with E-state index in [9.17, 15) is 4.79 Å². The lowest BCUT2D eigenvalue weighted by Gasteiger charge is -2.26. The third-order valence-corrected chi connectivity index (χ3v) is 4.98. The number of carbonyl (C=O) groups excluding carboxylic acids is 1. The second kappa shape index (κ2) is 10.5. The molecule has 2 aromatic rings. The van der Waals surface area contributed by atoms with Gasteiger partial charge in [-0.05, 0) is 41.8 Å². The van der Waals surface area contributed by atoms with Crippen LogP contribution in [0.3, 0.4) is 0 Å². The zero-order valence-corrected chi connectivity index (χ0v) is 17.0. The first-order valence-electron chi connectivity index (χ1n) is 9.72. The van der Waals surface area contributed by atoms with Crippen LogP contribution in [-0.2, 0) is 22.6 Å². The molecule has 3 rings (SSSR count).